The standard InChI is InChI=1S/C59H102O9/c1-3-5-7-9-11-13-15-17-19-21-23-24-25-26-27-28-29-31-33-35-37-39-41-43-45-47-49-65-51-53(52-66-59-58(64)57(63)56(62)54(50-60)68-59)67-55(61)48-46-44-42-40-38-36-34-32-30-22-20-18-16-14-12-10-8-6-4-2/h5,7,11,13,17,19,23-24,26-27,29,31,35,37,53-54,56-60,62-64H,3-4,6,8-10,12,14-16,18,20-22,25,28,30,32-34,36,38-52H2,1-2H3/b7-5-,13-11-,19-17-,24-23-,27-26-,31-29-,37-35-. The fraction of sp³-hybridized carbons (Fsp3) is 0.746. The van der Waals surface area contributed by atoms with Crippen molar-refractivity contribution in [2.45, 2.75) is 256 Å². The minimum Gasteiger partial charge on any atom is -0.457 e. The molecule has 392 valence electrons. The normalized spacial score (nSPS) is 19.8. The zero-order valence-corrected chi connectivity index (χ0v) is 43.3. The fourth-order valence-electron chi connectivity index (χ4n) is 8.06. The van der Waals surface area contributed by atoms with Crippen LogP contribution in [0.3, 0.4) is 0 Å². The SMILES string of the molecule is CC/C=C\C/C=C\C/C=C\C/C=C\C/C=C\C/C=C\C/C=C\CCCCCCOCC(COC1OC(CO)C(O)C(O)C1O)OC(=O)CCCCCCCCCCCCCCCCCCCCC. The largest absolute Gasteiger partial charge is 0.457 e. The van der Waals surface area contributed by atoms with Gasteiger partial charge in [0.05, 0.1) is 19.8 Å². The molecule has 9 nitrogen and oxygen atoms in total. The summed E-state index contributed by atoms with van der Waals surface area (Å²) in [5, 5.41) is 40.3. The van der Waals surface area contributed by atoms with E-state index >= 15 is 0 Å². The van der Waals surface area contributed by atoms with Crippen LogP contribution in [-0.4, -0.2) is 89.6 Å². The number of hydrogen-bond acceptors (Lipinski definition) is 9. The molecule has 1 heterocycles. The van der Waals surface area contributed by atoms with E-state index in [2.05, 4.69) is 98.9 Å². The summed E-state index contributed by atoms with van der Waals surface area (Å²) in [6.45, 7) is 4.40. The number of allylic oxidation sites excluding steroid dienone is 14. The number of esters is 1. The van der Waals surface area contributed by atoms with Crippen LogP contribution < -0.4 is 0 Å². The number of ether oxygens (including phenoxy) is 4. The molecule has 0 radical (unpaired) electrons. The fourth-order valence-corrected chi connectivity index (χ4v) is 8.06. The highest BCUT2D eigenvalue weighted by molar-refractivity contribution is 5.69. The Morgan fingerprint density at radius 2 is 0.897 bits per heavy atom. The topological polar surface area (TPSA) is 135 Å². The van der Waals surface area contributed by atoms with Crippen LogP contribution in [0, 0.1) is 0 Å². The molecule has 1 aliphatic rings. The monoisotopic (exact) mass is 955 g/mol. The van der Waals surface area contributed by atoms with Crippen molar-refractivity contribution in [3.8, 4) is 0 Å². The van der Waals surface area contributed by atoms with Crippen molar-refractivity contribution < 1.29 is 44.2 Å². The van der Waals surface area contributed by atoms with E-state index in [1.54, 1.807) is 0 Å². The van der Waals surface area contributed by atoms with Gasteiger partial charge >= 0.3 is 5.97 Å². The summed E-state index contributed by atoms with van der Waals surface area (Å²) in [7, 11) is 0. The molecular weight excluding hydrogens is 853 g/mol. The molecule has 6 atom stereocenters. The molecule has 0 aromatic rings. The molecule has 0 saturated carbocycles. The van der Waals surface area contributed by atoms with Gasteiger partial charge in [-0.3, -0.25) is 4.79 Å². The molecule has 1 aliphatic heterocycles. The van der Waals surface area contributed by atoms with Gasteiger partial charge in [0.15, 0.2) is 6.29 Å². The lowest BCUT2D eigenvalue weighted by Crippen LogP contribution is -2.59. The Labute approximate surface area is 416 Å². The molecule has 0 aromatic carbocycles. The van der Waals surface area contributed by atoms with Crippen molar-refractivity contribution in [1.82, 2.24) is 0 Å². The maximum Gasteiger partial charge on any atom is 0.306 e. The molecular formula is C59H102O9. The molecule has 6 unspecified atom stereocenters. The minimum atomic E-state index is -1.55. The summed E-state index contributed by atoms with van der Waals surface area (Å²) in [6, 6.07) is 0. The van der Waals surface area contributed by atoms with Crippen LogP contribution in [0.1, 0.15) is 219 Å². The Morgan fingerprint density at radius 1 is 0.485 bits per heavy atom. The lowest BCUT2D eigenvalue weighted by molar-refractivity contribution is -0.305. The summed E-state index contributed by atoms with van der Waals surface area (Å²) in [6.07, 6.45) is 60.5. The first-order chi connectivity index (χ1) is 33.4. The summed E-state index contributed by atoms with van der Waals surface area (Å²) in [5.74, 6) is -0.322. The summed E-state index contributed by atoms with van der Waals surface area (Å²) in [4.78, 5) is 12.9. The Hall–Kier alpha value is -2.63. The first-order valence-corrected chi connectivity index (χ1v) is 27.7. The van der Waals surface area contributed by atoms with Gasteiger partial charge < -0.3 is 39.4 Å². The lowest BCUT2D eigenvalue weighted by atomic mass is 9.99. The van der Waals surface area contributed by atoms with Crippen molar-refractivity contribution in [3.63, 3.8) is 0 Å². The quantitative estimate of drug-likeness (QED) is 0.0267. The van der Waals surface area contributed by atoms with E-state index in [9.17, 15) is 25.2 Å². The average molecular weight is 955 g/mol. The highest BCUT2D eigenvalue weighted by Crippen LogP contribution is 2.23. The predicted octanol–water partition coefficient (Wildman–Crippen LogP) is 14.1. The molecule has 1 saturated heterocycles. The van der Waals surface area contributed by atoms with E-state index in [0.717, 1.165) is 96.3 Å². The van der Waals surface area contributed by atoms with Crippen LogP contribution in [0.2, 0.25) is 0 Å². The molecule has 0 bridgehead atoms. The summed E-state index contributed by atoms with van der Waals surface area (Å²) in [5.41, 5.74) is 0. The number of unbranched alkanes of at least 4 members (excludes halogenated alkanes) is 22. The van der Waals surface area contributed by atoms with Gasteiger partial charge in [-0.2, -0.15) is 0 Å². The Kier molecular flexibility index (Phi) is 46.0. The van der Waals surface area contributed by atoms with Gasteiger partial charge in [-0.1, -0.05) is 227 Å². The zero-order chi connectivity index (χ0) is 49.2. The van der Waals surface area contributed by atoms with Crippen molar-refractivity contribution >= 4 is 5.97 Å². The third kappa shape index (κ3) is 39.1. The van der Waals surface area contributed by atoms with E-state index in [-0.39, 0.29) is 19.2 Å². The summed E-state index contributed by atoms with van der Waals surface area (Å²) >= 11 is 0. The number of aliphatic hydroxyl groups is 4. The first kappa shape index (κ1) is 63.4. The number of carbonyl (C=O) groups excluding carboxylic acids is 1. The van der Waals surface area contributed by atoms with Gasteiger partial charge in [0.25, 0.3) is 0 Å². The molecule has 68 heavy (non-hydrogen) atoms. The third-order valence-corrected chi connectivity index (χ3v) is 12.3. The van der Waals surface area contributed by atoms with E-state index in [0.29, 0.717) is 13.0 Å². The first-order valence-electron chi connectivity index (χ1n) is 27.7. The number of aliphatic hydroxyl groups excluding tert-OH is 4. The Balaban J connectivity index is 2.21. The molecule has 9 heteroatoms. The van der Waals surface area contributed by atoms with Crippen molar-refractivity contribution in [2.75, 3.05) is 26.4 Å². The van der Waals surface area contributed by atoms with Gasteiger partial charge in [-0.05, 0) is 70.6 Å². The van der Waals surface area contributed by atoms with Crippen molar-refractivity contribution in [3.05, 3.63) is 85.1 Å². The van der Waals surface area contributed by atoms with Crippen LogP contribution in [0.4, 0.5) is 0 Å². The smallest absolute Gasteiger partial charge is 0.306 e. The van der Waals surface area contributed by atoms with Gasteiger partial charge in [0.1, 0.15) is 30.5 Å². The van der Waals surface area contributed by atoms with Gasteiger partial charge in [-0.25, -0.2) is 0 Å². The maximum atomic E-state index is 12.9. The van der Waals surface area contributed by atoms with Crippen LogP contribution >= 0.6 is 0 Å². The number of hydrogen-bond donors (Lipinski definition) is 4. The highest BCUT2D eigenvalue weighted by atomic mass is 16.7. The van der Waals surface area contributed by atoms with E-state index < -0.39 is 43.4 Å². The van der Waals surface area contributed by atoms with Crippen molar-refractivity contribution in [2.24, 2.45) is 0 Å². The Morgan fingerprint density at radius 3 is 1.35 bits per heavy atom. The molecule has 4 N–H and O–H groups in total. The average Bonchev–Trinajstić information content (AvgIpc) is 3.34. The van der Waals surface area contributed by atoms with E-state index in [1.807, 2.05) is 0 Å². The van der Waals surface area contributed by atoms with Crippen LogP contribution in [0.25, 0.3) is 0 Å². The zero-order valence-electron chi connectivity index (χ0n) is 43.3. The molecule has 0 aromatic heterocycles. The second-order valence-electron chi connectivity index (χ2n) is 18.7. The highest BCUT2D eigenvalue weighted by Gasteiger charge is 2.44. The third-order valence-electron chi connectivity index (χ3n) is 12.3. The van der Waals surface area contributed by atoms with E-state index in [4.69, 9.17) is 18.9 Å². The lowest BCUT2D eigenvalue weighted by Gasteiger charge is -2.39. The van der Waals surface area contributed by atoms with Crippen molar-refractivity contribution in [1.29, 1.82) is 0 Å². The second-order valence-corrected chi connectivity index (χ2v) is 18.7. The minimum absolute atomic E-state index is 0.125. The number of rotatable bonds is 47. The van der Waals surface area contributed by atoms with Crippen LogP contribution in [-0.2, 0) is 23.7 Å². The number of carbonyl (C=O) groups is 1. The van der Waals surface area contributed by atoms with Crippen LogP contribution in [0.15, 0.2) is 85.1 Å². The molecule has 0 spiro atoms. The molecule has 1 fully saturated rings. The summed E-state index contributed by atoms with van der Waals surface area (Å²) < 4.78 is 22.9. The maximum absolute atomic E-state index is 12.9. The van der Waals surface area contributed by atoms with E-state index in [1.165, 1.54) is 103 Å². The second kappa shape index (κ2) is 49.4. The molecule has 0 amide bonds. The van der Waals surface area contributed by atoms with Crippen LogP contribution in [0.5, 0.6) is 0 Å². The molecule has 0 aliphatic carbocycles. The molecule has 1 rings (SSSR count). The Bertz CT molecular complexity index is 1320. The predicted molar refractivity (Wildman–Crippen MR) is 283 cm³/mol. The van der Waals surface area contributed by atoms with Gasteiger partial charge in [0, 0.05) is 13.0 Å². The van der Waals surface area contributed by atoms with Gasteiger partial charge in [0.2, 0.25) is 0 Å². The van der Waals surface area contributed by atoms with Gasteiger partial charge in [-0.15, -0.1) is 0 Å².